The predicted octanol–water partition coefficient (Wildman–Crippen LogP) is 8.49. The third-order valence-electron chi connectivity index (χ3n) is 14.4. The van der Waals surface area contributed by atoms with Crippen LogP contribution < -0.4 is 19.7 Å². The van der Waals surface area contributed by atoms with E-state index < -0.39 is 37.0 Å². The van der Waals surface area contributed by atoms with E-state index in [2.05, 4.69) is 72.9 Å². The number of sulfonamides is 1. The van der Waals surface area contributed by atoms with E-state index in [-0.39, 0.29) is 28.5 Å². The smallest absolute Gasteiger partial charge is 0.312 e. The first-order valence-electron chi connectivity index (χ1n) is 22.7. The number of benzene rings is 2. The molecular weight excluding hydrogens is 833 g/mol. The number of hydrogen-bond donors (Lipinski definition) is 4. The van der Waals surface area contributed by atoms with Gasteiger partial charge >= 0.3 is 5.69 Å². The Balaban J connectivity index is 0.895. The van der Waals surface area contributed by atoms with Gasteiger partial charge in [0.05, 0.1) is 28.5 Å². The number of aromatic nitrogens is 3. The standard InChI is InChI=1S/C48H58N8O7S/c1-31(2)37-7-4-5-8-38(37)39-9-6-10-41(39)55-29-48(30-55)18-21-54(22-19-48)34-11-12-40(43(24-34)63-35-23-33-15-20-49-44(33)51-27-35)46(57)53-64(61,62)36-25-42(56(59)60)45(52-28-36)50-26-32-13-16-47(3,58)17-14-32/h4-5,7-8,11-12,15,20,23-25,27-28,31-32,39,41,58H,6,9-10,13-14,16-19,21-22,26,29-30H2,1-3H3,(H,49,51)(H,50,52)(H,53,57)/t32?,39-,41-,47?/m0/s1. The van der Waals surface area contributed by atoms with Gasteiger partial charge in [0.2, 0.25) is 5.82 Å². The lowest BCUT2D eigenvalue weighted by Crippen LogP contribution is -2.63. The number of amides is 1. The molecule has 4 N–H and O–H groups in total. The highest BCUT2D eigenvalue weighted by atomic mass is 32.2. The van der Waals surface area contributed by atoms with E-state index >= 15 is 0 Å². The molecule has 2 aliphatic carbocycles. The number of rotatable bonds is 13. The van der Waals surface area contributed by atoms with Crippen LogP contribution in [0, 0.1) is 21.4 Å². The molecule has 9 rings (SSSR count). The van der Waals surface area contributed by atoms with E-state index in [9.17, 15) is 28.4 Å². The molecule has 5 aromatic rings. The van der Waals surface area contributed by atoms with E-state index in [0.717, 1.165) is 75.2 Å². The van der Waals surface area contributed by atoms with E-state index in [0.29, 0.717) is 48.7 Å². The van der Waals surface area contributed by atoms with Gasteiger partial charge in [0.15, 0.2) is 0 Å². The summed E-state index contributed by atoms with van der Waals surface area (Å²) in [6.07, 6.45) is 12.8. The zero-order valence-corrected chi connectivity index (χ0v) is 37.6. The normalized spacial score (nSPS) is 23.6. The third-order valence-corrected chi connectivity index (χ3v) is 15.7. The Hall–Kier alpha value is -5.58. The molecule has 2 aromatic carbocycles. The number of nitrogens with one attached hydrogen (secondary N) is 3. The zero-order valence-electron chi connectivity index (χ0n) is 36.8. The Kier molecular flexibility index (Phi) is 11.9. The molecule has 1 amide bonds. The van der Waals surface area contributed by atoms with E-state index in [4.69, 9.17) is 4.74 Å². The average Bonchev–Trinajstić information content (AvgIpc) is 3.95. The number of nitro groups is 1. The number of nitrogens with zero attached hydrogens (tertiary/aromatic N) is 5. The van der Waals surface area contributed by atoms with Crippen LogP contribution in [0.1, 0.15) is 112 Å². The summed E-state index contributed by atoms with van der Waals surface area (Å²) in [5.41, 5.74) is 3.48. The monoisotopic (exact) mass is 890 g/mol. The zero-order chi connectivity index (χ0) is 44.8. The predicted molar refractivity (Wildman–Crippen MR) is 246 cm³/mol. The fourth-order valence-corrected chi connectivity index (χ4v) is 11.6. The number of pyridine rings is 2. The van der Waals surface area contributed by atoms with E-state index in [1.165, 1.54) is 36.6 Å². The minimum atomic E-state index is -4.62. The lowest BCUT2D eigenvalue weighted by Gasteiger charge is -2.57. The number of anilines is 2. The molecule has 64 heavy (non-hydrogen) atoms. The lowest BCUT2D eigenvalue weighted by atomic mass is 9.70. The maximum absolute atomic E-state index is 14.0. The number of H-pyrrole nitrogens is 1. The summed E-state index contributed by atoms with van der Waals surface area (Å²) in [4.78, 5) is 41.5. The third kappa shape index (κ3) is 9.04. The Bertz CT molecular complexity index is 2640. The van der Waals surface area contributed by atoms with Crippen molar-refractivity contribution in [3.63, 3.8) is 0 Å². The fourth-order valence-electron chi connectivity index (χ4n) is 10.6. The highest BCUT2D eigenvalue weighted by Gasteiger charge is 2.49. The maximum Gasteiger partial charge on any atom is 0.312 e. The van der Waals surface area contributed by atoms with Crippen molar-refractivity contribution >= 4 is 44.2 Å². The van der Waals surface area contributed by atoms with Gasteiger partial charge < -0.3 is 25.0 Å². The van der Waals surface area contributed by atoms with Gasteiger partial charge in [0.25, 0.3) is 15.9 Å². The van der Waals surface area contributed by atoms with Crippen LogP contribution in [0.15, 0.2) is 84.1 Å². The van der Waals surface area contributed by atoms with Crippen LogP contribution in [-0.2, 0) is 10.0 Å². The summed E-state index contributed by atoms with van der Waals surface area (Å²) in [7, 11) is -4.62. The first-order valence-corrected chi connectivity index (χ1v) is 24.1. The van der Waals surface area contributed by atoms with Crippen molar-refractivity contribution < 1.29 is 28.0 Å². The number of carbonyl (C=O) groups is 1. The molecule has 2 aliphatic heterocycles. The Morgan fingerprint density at radius 1 is 1.00 bits per heavy atom. The second kappa shape index (κ2) is 17.4. The molecule has 0 unspecified atom stereocenters. The first-order chi connectivity index (χ1) is 30.7. The molecule has 16 heteroatoms. The van der Waals surface area contributed by atoms with E-state index in [1.807, 2.05) is 12.1 Å². The quantitative estimate of drug-likeness (QED) is 0.0651. The minimum absolute atomic E-state index is 0.0398. The van der Waals surface area contributed by atoms with Crippen molar-refractivity contribution in [3.05, 3.63) is 106 Å². The van der Waals surface area contributed by atoms with Crippen molar-refractivity contribution in [2.24, 2.45) is 11.3 Å². The Morgan fingerprint density at radius 2 is 1.77 bits per heavy atom. The van der Waals surface area contributed by atoms with Gasteiger partial charge in [-0.05, 0) is 117 Å². The summed E-state index contributed by atoms with van der Waals surface area (Å²) in [5, 5.41) is 26.2. The van der Waals surface area contributed by atoms with Crippen molar-refractivity contribution in [2.45, 2.75) is 107 Å². The van der Waals surface area contributed by atoms with Crippen molar-refractivity contribution in [1.82, 2.24) is 24.6 Å². The molecule has 4 fully saturated rings. The number of aliphatic hydroxyl groups is 1. The molecular formula is C48H58N8O7S. The number of hydrogen-bond acceptors (Lipinski definition) is 12. The molecule has 15 nitrogen and oxygen atoms in total. The van der Waals surface area contributed by atoms with Gasteiger partial charge in [-0.3, -0.25) is 19.8 Å². The molecule has 0 bridgehead atoms. The Morgan fingerprint density at radius 3 is 2.52 bits per heavy atom. The SMILES string of the molecule is CC(C)c1ccccc1[C@@H]1CCC[C@@H]1N1CC2(CCN(c3ccc(C(=O)NS(=O)(=O)c4cnc(NCC5CCC(C)(O)CC5)c([N+](=O)[O-])c4)c(Oc4cnc5[nH]ccc5c4)c3)CC2)C1. The number of likely N-dealkylation sites (tertiary alicyclic amines) is 1. The highest BCUT2D eigenvalue weighted by molar-refractivity contribution is 7.90. The molecule has 2 saturated carbocycles. The van der Waals surface area contributed by atoms with Crippen molar-refractivity contribution in [3.8, 4) is 11.5 Å². The molecule has 0 radical (unpaired) electrons. The maximum atomic E-state index is 14.0. The number of ether oxygens (including phenoxy) is 1. The van der Waals surface area contributed by atoms with Crippen LogP contribution in [0.2, 0.25) is 0 Å². The number of fused-ring (bicyclic) bond motifs is 1. The summed E-state index contributed by atoms with van der Waals surface area (Å²) in [6, 6.07) is 19.2. The first kappa shape index (κ1) is 43.7. The molecule has 338 valence electrons. The van der Waals surface area contributed by atoms with Crippen LogP contribution in [-0.4, -0.2) is 88.6 Å². The number of carbonyl (C=O) groups excluding carboxylic acids is 1. The molecule has 2 saturated heterocycles. The van der Waals surface area contributed by atoms with Gasteiger partial charge in [0.1, 0.15) is 22.0 Å². The lowest BCUT2D eigenvalue weighted by molar-refractivity contribution is -0.384. The van der Waals surface area contributed by atoms with Gasteiger partial charge in [-0.1, -0.05) is 44.5 Å². The number of aromatic amines is 1. The van der Waals surface area contributed by atoms with Crippen LogP contribution in [0.4, 0.5) is 17.2 Å². The van der Waals surface area contributed by atoms with Gasteiger partial charge in [0, 0.05) is 68.2 Å². The second-order valence-corrected chi connectivity index (χ2v) is 20.9. The van der Waals surface area contributed by atoms with E-state index in [1.54, 1.807) is 31.3 Å². The van der Waals surface area contributed by atoms with Crippen LogP contribution >= 0.6 is 0 Å². The summed E-state index contributed by atoms with van der Waals surface area (Å²) in [6.45, 7) is 10.6. The minimum Gasteiger partial charge on any atom is -0.455 e. The molecule has 5 heterocycles. The second-order valence-electron chi connectivity index (χ2n) is 19.2. The molecule has 2 atom stereocenters. The van der Waals surface area contributed by atoms with Crippen LogP contribution in [0.3, 0.4) is 0 Å². The molecule has 3 aromatic heterocycles. The Labute approximate surface area is 374 Å². The van der Waals surface area contributed by atoms with Crippen LogP contribution in [0.5, 0.6) is 11.5 Å². The van der Waals surface area contributed by atoms with Crippen LogP contribution in [0.25, 0.3) is 11.0 Å². The molecule has 4 aliphatic rings. The van der Waals surface area contributed by atoms with Crippen molar-refractivity contribution in [1.29, 1.82) is 0 Å². The fraction of sp³-hybridized carbons (Fsp3) is 0.479. The largest absolute Gasteiger partial charge is 0.455 e. The van der Waals surface area contributed by atoms with Gasteiger partial charge in [-0.2, -0.15) is 0 Å². The summed E-state index contributed by atoms with van der Waals surface area (Å²) >= 11 is 0. The van der Waals surface area contributed by atoms with Gasteiger partial charge in [-0.15, -0.1) is 0 Å². The summed E-state index contributed by atoms with van der Waals surface area (Å²) < 4.78 is 35.8. The van der Waals surface area contributed by atoms with Crippen molar-refractivity contribution in [2.75, 3.05) is 42.9 Å². The van der Waals surface area contributed by atoms with Gasteiger partial charge in [-0.25, -0.2) is 23.1 Å². The topological polar surface area (TPSA) is 196 Å². The average molecular weight is 891 g/mol. The highest BCUT2D eigenvalue weighted by Crippen LogP contribution is 2.49. The molecule has 1 spiro atoms. The number of piperidine rings is 1. The summed E-state index contributed by atoms with van der Waals surface area (Å²) in [5.74, 6) is 0.694.